The summed E-state index contributed by atoms with van der Waals surface area (Å²) in [7, 11) is -4.64. The Labute approximate surface area is 169 Å². The van der Waals surface area contributed by atoms with Crippen LogP contribution in [0.3, 0.4) is 0 Å². The minimum atomic E-state index is -4.32. The minimum absolute atomic E-state index is 0.0831. The van der Waals surface area contributed by atoms with Crippen LogP contribution in [0.2, 0.25) is 0 Å². The van der Waals surface area contributed by atoms with Crippen LogP contribution in [0.4, 0.5) is 5.69 Å². The van der Waals surface area contributed by atoms with Crippen LogP contribution in [0.1, 0.15) is 45.4 Å². The summed E-state index contributed by atoms with van der Waals surface area (Å²) in [5, 5.41) is 1.20. The van der Waals surface area contributed by atoms with Crippen molar-refractivity contribution in [2.45, 2.75) is 50.3 Å². The standard InChI is InChI=1S/C20H29N2O4S2/c1-4-5-6-7-8-11-16-27(23,24)21-28(25,26)20-15-14-19(22(2)3)17-12-9-10-13-18(17)20/h9-10,12-15H,4-8,11,16H2,1-3H3/q-1. The lowest BCUT2D eigenvalue weighted by Crippen LogP contribution is -2.13. The quantitative estimate of drug-likeness (QED) is 0.489. The van der Waals surface area contributed by atoms with Gasteiger partial charge in [-0.2, -0.15) is 0 Å². The van der Waals surface area contributed by atoms with Crippen molar-refractivity contribution in [3.8, 4) is 0 Å². The maximum absolute atomic E-state index is 12.8. The molecular weight excluding hydrogens is 396 g/mol. The number of nitrogens with zero attached hydrogens (tertiary/aromatic N) is 2. The van der Waals surface area contributed by atoms with Crippen molar-refractivity contribution in [3.63, 3.8) is 0 Å². The second kappa shape index (κ2) is 9.71. The average molecular weight is 426 g/mol. The van der Waals surface area contributed by atoms with Gasteiger partial charge in [0.05, 0.1) is 14.9 Å². The second-order valence-corrected chi connectivity index (χ2v) is 10.7. The number of hydrogen-bond donors (Lipinski definition) is 0. The molecule has 2 aromatic rings. The fraction of sp³-hybridized carbons (Fsp3) is 0.500. The largest absolute Gasteiger partial charge is 0.432 e. The van der Waals surface area contributed by atoms with Gasteiger partial charge in [-0.05, 0) is 18.6 Å². The highest BCUT2D eigenvalue weighted by Crippen LogP contribution is 2.33. The fourth-order valence-electron chi connectivity index (χ4n) is 3.16. The van der Waals surface area contributed by atoms with Gasteiger partial charge >= 0.3 is 0 Å². The van der Waals surface area contributed by atoms with Crippen molar-refractivity contribution in [3.05, 3.63) is 40.5 Å². The van der Waals surface area contributed by atoms with Crippen molar-refractivity contribution in [2.24, 2.45) is 0 Å². The van der Waals surface area contributed by atoms with Gasteiger partial charge in [-0.1, -0.05) is 63.3 Å². The normalized spacial score (nSPS) is 12.4. The monoisotopic (exact) mass is 425 g/mol. The van der Waals surface area contributed by atoms with Gasteiger partial charge < -0.3 is 9.03 Å². The molecule has 0 heterocycles. The molecule has 28 heavy (non-hydrogen) atoms. The second-order valence-electron chi connectivity index (χ2n) is 7.13. The number of hydrogen-bond acceptors (Lipinski definition) is 5. The van der Waals surface area contributed by atoms with Gasteiger partial charge in [0.25, 0.3) is 0 Å². The molecule has 0 atom stereocenters. The van der Waals surface area contributed by atoms with Gasteiger partial charge in [-0.25, -0.2) is 16.8 Å². The molecule has 0 aliphatic heterocycles. The Kier molecular flexibility index (Phi) is 7.86. The highest BCUT2D eigenvalue weighted by molar-refractivity contribution is 8.12. The maximum Gasteiger partial charge on any atom is 0.112 e. The van der Waals surface area contributed by atoms with E-state index in [4.69, 9.17) is 0 Å². The molecule has 6 nitrogen and oxygen atoms in total. The molecule has 2 rings (SSSR count). The van der Waals surface area contributed by atoms with Crippen LogP contribution < -0.4 is 4.90 Å². The highest BCUT2D eigenvalue weighted by atomic mass is 32.3. The first-order valence-corrected chi connectivity index (χ1v) is 12.6. The predicted molar refractivity (Wildman–Crippen MR) is 116 cm³/mol. The van der Waals surface area contributed by atoms with Crippen LogP contribution in [0, 0.1) is 0 Å². The van der Waals surface area contributed by atoms with Gasteiger partial charge in [0.1, 0.15) is 10.0 Å². The summed E-state index contributed by atoms with van der Waals surface area (Å²) in [6, 6.07) is 10.1. The molecule has 0 aliphatic carbocycles. The van der Waals surface area contributed by atoms with E-state index in [0.717, 1.165) is 43.2 Å². The Morgan fingerprint density at radius 3 is 2.07 bits per heavy atom. The molecule has 0 aliphatic rings. The molecule has 0 saturated carbocycles. The smallest absolute Gasteiger partial charge is 0.112 e. The molecule has 156 valence electrons. The molecule has 8 heteroatoms. The molecule has 0 radical (unpaired) electrons. The average Bonchev–Trinajstić information content (AvgIpc) is 2.62. The summed E-state index contributed by atoms with van der Waals surface area (Å²) in [5.41, 5.74) is 0.851. The summed E-state index contributed by atoms with van der Waals surface area (Å²) < 4.78 is 53.3. The molecule has 0 unspecified atom stereocenters. The van der Waals surface area contributed by atoms with E-state index >= 15 is 0 Å². The van der Waals surface area contributed by atoms with E-state index in [0.29, 0.717) is 11.8 Å². The first-order valence-electron chi connectivity index (χ1n) is 9.59. The van der Waals surface area contributed by atoms with Crippen LogP contribution in [0.5, 0.6) is 0 Å². The van der Waals surface area contributed by atoms with E-state index in [9.17, 15) is 16.8 Å². The third-order valence-corrected chi connectivity index (χ3v) is 8.00. The van der Waals surface area contributed by atoms with Crippen LogP contribution >= 0.6 is 0 Å². The van der Waals surface area contributed by atoms with Gasteiger partial charge in [-0.15, -0.1) is 0 Å². The van der Waals surface area contributed by atoms with Gasteiger partial charge in [0.2, 0.25) is 0 Å². The van der Waals surface area contributed by atoms with E-state index in [1.807, 2.05) is 31.1 Å². The van der Waals surface area contributed by atoms with E-state index in [2.05, 4.69) is 11.1 Å². The summed E-state index contributed by atoms with van der Waals surface area (Å²) in [6.07, 6.45) is 5.44. The van der Waals surface area contributed by atoms with E-state index in [1.54, 1.807) is 18.2 Å². The van der Waals surface area contributed by atoms with Crippen LogP contribution in [-0.2, 0) is 20.0 Å². The Balaban J connectivity index is 2.20. The molecular formula is C20H29N2O4S2-. The summed E-state index contributed by atoms with van der Waals surface area (Å²) in [4.78, 5) is 1.80. The Morgan fingerprint density at radius 1 is 0.821 bits per heavy atom. The van der Waals surface area contributed by atoms with Crippen LogP contribution in [0.15, 0.2) is 41.3 Å². The van der Waals surface area contributed by atoms with Crippen molar-refractivity contribution in [2.75, 3.05) is 24.7 Å². The first kappa shape index (κ1) is 22.6. The molecule has 0 aromatic heterocycles. The van der Waals surface area contributed by atoms with Crippen molar-refractivity contribution < 1.29 is 16.8 Å². The number of fused-ring (bicyclic) bond motifs is 1. The minimum Gasteiger partial charge on any atom is -0.432 e. The number of rotatable bonds is 11. The van der Waals surface area contributed by atoms with Crippen molar-refractivity contribution in [1.29, 1.82) is 0 Å². The van der Waals surface area contributed by atoms with E-state index < -0.39 is 20.0 Å². The lowest BCUT2D eigenvalue weighted by Gasteiger charge is -2.23. The molecule has 0 fully saturated rings. The molecule has 0 saturated heterocycles. The third kappa shape index (κ3) is 5.93. The van der Waals surface area contributed by atoms with Gasteiger partial charge in [-0.3, -0.25) is 0 Å². The first-order chi connectivity index (χ1) is 13.2. The van der Waals surface area contributed by atoms with Crippen LogP contribution in [-0.4, -0.2) is 36.7 Å². The maximum atomic E-state index is 12.8. The van der Waals surface area contributed by atoms with E-state index in [1.165, 1.54) is 6.07 Å². The zero-order valence-corrected chi connectivity index (χ0v) is 18.4. The third-order valence-electron chi connectivity index (χ3n) is 4.59. The van der Waals surface area contributed by atoms with Gasteiger partial charge in [0, 0.05) is 36.3 Å². The lowest BCUT2D eigenvalue weighted by molar-refractivity contribution is 0.587. The van der Waals surface area contributed by atoms with Gasteiger partial charge in [0.15, 0.2) is 0 Å². The molecule has 0 amide bonds. The number of benzene rings is 2. The Hall–Kier alpha value is -1.64. The summed E-state index contributed by atoms with van der Waals surface area (Å²) >= 11 is 0. The molecule has 0 spiro atoms. The molecule has 0 N–H and O–H groups in total. The number of unbranched alkanes of at least 4 members (excludes halogenated alkanes) is 5. The molecule has 0 bridgehead atoms. The fourth-order valence-corrected chi connectivity index (χ4v) is 6.24. The molecule has 2 aromatic carbocycles. The SMILES string of the molecule is CCCCCCCCS(=O)(=O)[N-]S(=O)(=O)c1ccc(N(C)C)c2ccccc12. The number of anilines is 1. The predicted octanol–water partition coefficient (Wildman–Crippen LogP) is 4.66. The highest BCUT2D eigenvalue weighted by Gasteiger charge is 2.16. The lowest BCUT2D eigenvalue weighted by atomic mass is 10.1. The summed E-state index contributed by atoms with van der Waals surface area (Å²) in [5.74, 6) is -0.244. The van der Waals surface area contributed by atoms with E-state index in [-0.39, 0.29) is 10.6 Å². The zero-order valence-electron chi connectivity index (χ0n) is 16.8. The zero-order chi connectivity index (χ0) is 20.8. The topological polar surface area (TPSA) is 85.6 Å². The number of sulfonamides is 2. The Bertz CT molecular complexity index is 1000. The summed E-state index contributed by atoms with van der Waals surface area (Å²) in [6.45, 7) is 2.11. The van der Waals surface area contributed by atoms with Crippen LogP contribution in [0.25, 0.3) is 14.9 Å². The Morgan fingerprint density at radius 2 is 1.43 bits per heavy atom. The van der Waals surface area contributed by atoms with Crippen molar-refractivity contribution >= 4 is 36.5 Å². The van der Waals surface area contributed by atoms with Crippen molar-refractivity contribution in [1.82, 2.24) is 0 Å².